The smallest absolute Gasteiger partial charge is 0.229 e. The second-order valence-corrected chi connectivity index (χ2v) is 10.6. The molecule has 0 amide bonds. The average molecular weight is 531 g/mol. The Kier molecular flexibility index (Phi) is 6.56. The minimum absolute atomic E-state index is 0.000805. The zero-order chi connectivity index (χ0) is 24.1. The van der Waals surface area contributed by atoms with Gasteiger partial charge in [-0.1, -0.05) is 46.1 Å². The number of aromatic nitrogens is 3. The van der Waals surface area contributed by atoms with Gasteiger partial charge in [-0.3, -0.25) is 0 Å². The highest BCUT2D eigenvalue weighted by molar-refractivity contribution is 7.89. The van der Waals surface area contributed by atoms with E-state index in [0.29, 0.717) is 23.7 Å². The third-order valence-electron chi connectivity index (χ3n) is 4.57. The summed E-state index contributed by atoms with van der Waals surface area (Å²) in [7, 11) is -3.35. The van der Waals surface area contributed by atoms with Crippen LogP contribution in [0.3, 0.4) is 0 Å². The van der Waals surface area contributed by atoms with Crippen LogP contribution in [-0.4, -0.2) is 35.8 Å². The van der Waals surface area contributed by atoms with Crippen LogP contribution in [0, 0.1) is 0 Å². The van der Waals surface area contributed by atoms with E-state index >= 15 is 0 Å². The summed E-state index contributed by atoms with van der Waals surface area (Å²) in [6.07, 6.45) is -2.71. The van der Waals surface area contributed by atoms with Gasteiger partial charge in [0.05, 0.1) is 22.0 Å². The molecule has 0 aliphatic rings. The highest BCUT2D eigenvalue weighted by Gasteiger charge is 2.53. The predicted molar refractivity (Wildman–Crippen MR) is 115 cm³/mol. The van der Waals surface area contributed by atoms with Crippen LogP contribution in [0.15, 0.2) is 36.5 Å². The molecule has 0 fully saturated rings. The van der Waals surface area contributed by atoms with Gasteiger partial charge in [-0.05, 0) is 36.8 Å². The molecule has 32 heavy (non-hydrogen) atoms. The van der Waals surface area contributed by atoms with E-state index < -0.39 is 27.2 Å². The Morgan fingerprint density at radius 3 is 2.12 bits per heavy atom. The molecule has 0 saturated heterocycles. The van der Waals surface area contributed by atoms with E-state index in [1.54, 1.807) is 6.07 Å². The Morgan fingerprint density at radius 1 is 1.00 bits per heavy atom. The molecular weight excluding hydrogens is 517 g/mol. The maximum atomic E-state index is 14.3. The summed E-state index contributed by atoms with van der Waals surface area (Å²) in [6, 6.07) is 6.27. The Balaban J connectivity index is 2.02. The first kappa shape index (κ1) is 24.8. The van der Waals surface area contributed by atoms with Gasteiger partial charge >= 0.3 is 6.18 Å². The summed E-state index contributed by atoms with van der Waals surface area (Å²) in [6.45, 7) is 0.372. The minimum atomic E-state index is -5.17. The molecule has 0 aliphatic heterocycles. The fourth-order valence-electron chi connectivity index (χ4n) is 2.85. The van der Waals surface area contributed by atoms with Gasteiger partial charge < -0.3 is 0 Å². The molecule has 0 aliphatic carbocycles. The molecule has 0 radical (unpaired) electrons. The molecule has 0 bridgehead atoms. The van der Waals surface area contributed by atoms with Crippen LogP contribution in [0.2, 0.25) is 15.1 Å². The van der Waals surface area contributed by atoms with E-state index in [0.717, 1.165) is 23.1 Å². The highest BCUT2D eigenvalue weighted by Crippen LogP contribution is 2.45. The summed E-state index contributed by atoms with van der Waals surface area (Å²) in [5.74, 6) is -0.284. The van der Waals surface area contributed by atoms with Crippen LogP contribution in [-0.2, 0) is 21.3 Å². The number of hydrogen-bond acceptors (Lipinski definition) is 4. The second-order valence-electron chi connectivity index (χ2n) is 7.21. The lowest BCUT2D eigenvalue weighted by atomic mass is 9.97. The molecule has 2 aromatic carbocycles. The molecule has 1 atom stereocenters. The zero-order valence-corrected chi connectivity index (χ0v) is 19.5. The van der Waals surface area contributed by atoms with Gasteiger partial charge in [0.1, 0.15) is 11.4 Å². The van der Waals surface area contributed by atoms with Crippen molar-refractivity contribution in [3.63, 3.8) is 0 Å². The van der Waals surface area contributed by atoms with Gasteiger partial charge in [0.2, 0.25) is 5.67 Å². The SMILES string of the molecule is CC(F)(c1cc(Cl)c(-n2cc(-c3ccc(Cl)c(CS(C)(=O)=O)c3)nn2)c(Cl)c1)C(F)(F)F. The fraction of sp³-hybridized carbons (Fsp3) is 0.263. The van der Waals surface area contributed by atoms with Crippen molar-refractivity contribution in [1.29, 1.82) is 0 Å². The van der Waals surface area contributed by atoms with E-state index in [-0.39, 0.29) is 26.5 Å². The van der Waals surface area contributed by atoms with Crippen LogP contribution in [0.4, 0.5) is 17.6 Å². The molecule has 0 saturated carbocycles. The van der Waals surface area contributed by atoms with Crippen molar-refractivity contribution >= 4 is 44.6 Å². The van der Waals surface area contributed by atoms with Crippen LogP contribution in [0.25, 0.3) is 16.9 Å². The summed E-state index contributed by atoms with van der Waals surface area (Å²) < 4.78 is 77.7. The van der Waals surface area contributed by atoms with Gasteiger partial charge in [0, 0.05) is 22.4 Å². The number of sulfone groups is 1. The van der Waals surface area contributed by atoms with E-state index in [2.05, 4.69) is 10.3 Å². The predicted octanol–water partition coefficient (Wildman–Crippen LogP) is 6.19. The van der Waals surface area contributed by atoms with Crippen molar-refractivity contribution in [3.05, 3.63) is 62.7 Å². The van der Waals surface area contributed by atoms with Crippen molar-refractivity contribution in [3.8, 4) is 16.9 Å². The Morgan fingerprint density at radius 2 is 1.59 bits per heavy atom. The van der Waals surface area contributed by atoms with Crippen molar-refractivity contribution in [2.75, 3.05) is 6.26 Å². The minimum Gasteiger partial charge on any atom is -0.229 e. The summed E-state index contributed by atoms with van der Waals surface area (Å²) in [4.78, 5) is 0. The number of rotatable bonds is 5. The standard InChI is InChI=1S/C19H14Cl3F4N3O2S/c1-18(23,19(24,25)26)12-6-14(21)17(15(22)7-12)29-8-16(27-28-29)10-3-4-13(20)11(5-10)9-32(2,30)31/h3-8H,9H2,1-2H3. The maximum absolute atomic E-state index is 14.3. The monoisotopic (exact) mass is 529 g/mol. The summed E-state index contributed by atoms with van der Waals surface area (Å²) >= 11 is 18.3. The quantitative estimate of drug-likeness (QED) is 0.369. The Labute approximate surface area is 195 Å². The average Bonchev–Trinajstić information content (AvgIpc) is 3.10. The molecule has 13 heteroatoms. The molecule has 3 aromatic rings. The zero-order valence-electron chi connectivity index (χ0n) is 16.4. The van der Waals surface area contributed by atoms with Gasteiger partial charge in [-0.15, -0.1) is 5.10 Å². The number of halogens is 7. The van der Waals surface area contributed by atoms with E-state index in [4.69, 9.17) is 34.8 Å². The normalized spacial score (nSPS) is 14.4. The van der Waals surface area contributed by atoms with Gasteiger partial charge in [-0.25, -0.2) is 17.5 Å². The molecule has 1 aromatic heterocycles. The van der Waals surface area contributed by atoms with Crippen LogP contribution in [0.1, 0.15) is 18.1 Å². The van der Waals surface area contributed by atoms with Crippen LogP contribution < -0.4 is 0 Å². The van der Waals surface area contributed by atoms with Crippen LogP contribution in [0.5, 0.6) is 0 Å². The first-order valence-electron chi connectivity index (χ1n) is 8.74. The first-order valence-corrected chi connectivity index (χ1v) is 11.9. The molecule has 1 heterocycles. The van der Waals surface area contributed by atoms with Crippen molar-refractivity contribution in [2.45, 2.75) is 24.5 Å². The molecule has 3 rings (SSSR count). The molecule has 0 spiro atoms. The molecule has 1 unspecified atom stereocenters. The highest BCUT2D eigenvalue weighted by atomic mass is 35.5. The number of benzene rings is 2. The fourth-order valence-corrected chi connectivity index (χ4v) is 4.58. The largest absolute Gasteiger partial charge is 0.426 e. The lowest BCUT2D eigenvalue weighted by molar-refractivity contribution is -0.228. The summed E-state index contributed by atoms with van der Waals surface area (Å²) in [5, 5.41) is 7.57. The van der Waals surface area contributed by atoms with Gasteiger partial charge in [-0.2, -0.15) is 13.2 Å². The van der Waals surface area contributed by atoms with Gasteiger partial charge in [0.25, 0.3) is 0 Å². The first-order chi connectivity index (χ1) is 14.6. The van der Waals surface area contributed by atoms with E-state index in [1.165, 1.54) is 18.3 Å². The molecule has 5 nitrogen and oxygen atoms in total. The number of alkyl halides is 4. The third kappa shape index (κ3) is 5.03. The van der Waals surface area contributed by atoms with E-state index in [9.17, 15) is 26.0 Å². The maximum Gasteiger partial charge on any atom is 0.426 e. The molecular formula is C19H14Cl3F4N3O2S. The third-order valence-corrected chi connectivity index (χ3v) is 6.35. The molecule has 0 N–H and O–H groups in total. The van der Waals surface area contributed by atoms with Gasteiger partial charge in [0.15, 0.2) is 9.84 Å². The Bertz CT molecular complexity index is 1270. The number of hydrogen-bond donors (Lipinski definition) is 0. The lowest BCUT2D eigenvalue weighted by Gasteiger charge is -2.25. The lowest BCUT2D eigenvalue weighted by Crippen LogP contribution is -2.35. The number of nitrogens with zero attached hydrogens (tertiary/aromatic N) is 3. The van der Waals surface area contributed by atoms with Crippen molar-refractivity contribution < 1.29 is 26.0 Å². The van der Waals surface area contributed by atoms with Crippen molar-refractivity contribution in [1.82, 2.24) is 15.0 Å². The molecule has 172 valence electrons. The van der Waals surface area contributed by atoms with E-state index in [1.807, 2.05) is 0 Å². The second kappa shape index (κ2) is 8.48. The Hall–Kier alpha value is -1.88. The topological polar surface area (TPSA) is 64.8 Å². The van der Waals surface area contributed by atoms with Crippen molar-refractivity contribution in [2.24, 2.45) is 0 Å². The van der Waals surface area contributed by atoms with Crippen LogP contribution >= 0.6 is 34.8 Å². The summed E-state index contributed by atoms with van der Waals surface area (Å²) in [5.41, 5.74) is -3.29.